The fraction of sp³-hybridized carbons (Fsp3) is 0.364. The highest BCUT2D eigenvalue weighted by atomic mass is 19.1. The molecule has 0 radical (unpaired) electrons. The van der Waals surface area contributed by atoms with Gasteiger partial charge >= 0.3 is 5.97 Å². The number of carboxylic acid groups (broad SMARTS) is 1. The zero-order valence-electron chi connectivity index (χ0n) is 9.67. The molecule has 0 saturated carbocycles. The molecule has 1 aromatic rings. The maximum absolute atomic E-state index is 13.6. The Bertz CT molecular complexity index is 526. The average molecular weight is 271 g/mol. The number of ether oxygens (including phenoxy) is 2. The lowest BCUT2D eigenvalue weighted by Crippen LogP contribution is -2.17. The number of nitrogens with zero attached hydrogens (tertiary/aromatic N) is 1. The summed E-state index contributed by atoms with van der Waals surface area (Å²) in [4.78, 5) is 20.6. The summed E-state index contributed by atoms with van der Waals surface area (Å²) >= 11 is 0. The number of hydrogen-bond donors (Lipinski definition) is 1. The molecule has 7 nitrogen and oxygen atoms in total. The predicted molar refractivity (Wildman–Crippen MR) is 59.9 cm³/mol. The summed E-state index contributed by atoms with van der Waals surface area (Å²) in [6.07, 6.45) is 0.177. The van der Waals surface area contributed by atoms with E-state index >= 15 is 0 Å². The molecular formula is C11H10FNO6. The van der Waals surface area contributed by atoms with E-state index in [9.17, 15) is 19.3 Å². The van der Waals surface area contributed by atoms with Crippen molar-refractivity contribution >= 4 is 11.7 Å². The summed E-state index contributed by atoms with van der Waals surface area (Å²) in [6, 6.07) is 1.38. The van der Waals surface area contributed by atoms with Gasteiger partial charge in [-0.15, -0.1) is 0 Å². The third-order valence-electron chi connectivity index (χ3n) is 2.66. The van der Waals surface area contributed by atoms with Crippen molar-refractivity contribution in [2.75, 3.05) is 13.2 Å². The van der Waals surface area contributed by atoms with Gasteiger partial charge in [-0.05, 0) is 0 Å². The van der Waals surface area contributed by atoms with Crippen molar-refractivity contribution in [3.63, 3.8) is 0 Å². The zero-order valence-corrected chi connectivity index (χ0v) is 9.67. The molecule has 1 N–H and O–H groups in total. The highest BCUT2D eigenvalue weighted by Crippen LogP contribution is 2.29. The largest absolute Gasteiger partial charge is 0.485 e. The number of carbonyl (C=O) groups is 1. The minimum absolute atomic E-state index is 0.277. The number of halogens is 1. The van der Waals surface area contributed by atoms with E-state index in [1.54, 1.807) is 0 Å². The van der Waals surface area contributed by atoms with Crippen molar-refractivity contribution in [2.45, 2.75) is 12.5 Å². The normalized spacial score (nSPS) is 18.3. The van der Waals surface area contributed by atoms with E-state index in [1.807, 2.05) is 0 Å². The number of benzene rings is 1. The van der Waals surface area contributed by atoms with Crippen LogP contribution in [0.4, 0.5) is 10.1 Å². The monoisotopic (exact) mass is 271 g/mol. The van der Waals surface area contributed by atoms with Gasteiger partial charge in [0.25, 0.3) is 5.69 Å². The van der Waals surface area contributed by atoms with Gasteiger partial charge in [0.2, 0.25) is 0 Å². The van der Waals surface area contributed by atoms with Gasteiger partial charge in [-0.2, -0.15) is 0 Å². The van der Waals surface area contributed by atoms with E-state index in [1.165, 1.54) is 0 Å². The van der Waals surface area contributed by atoms with E-state index in [-0.39, 0.29) is 18.5 Å². The van der Waals surface area contributed by atoms with E-state index in [2.05, 4.69) is 0 Å². The molecule has 1 atom stereocenters. The molecule has 1 saturated heterocycles. The molecule has 1 unspecified atom stereocenters. The lowest BCUT2D eigenvalue weighted by atomic mass is 10.1. The van der Waals surface area contributed by atoms with Gasteiger partial charge in [-0.1, -0.05) is 0 Å². The van der Waals surface area contributed by atoms with Crippen LogP contribution < -0.4 is 4.74 Å². The van der Waals surface area contributed by atoms with Gasteiger partial charge in [0.1, 0.15) is 11.7 Å². The first-order chi connectivity index (χ1) is 8.99. The molecule has 1 aliphatic rings. The molecule has 1 heterocycles. The molecule has 0 amide bonds. The van der Waals surface area contributed by atoms with Crippen LogP contribution in [0.25, 0.3) is 0 Å². The minimum Gasteiger partial charge on any atom is -0.485 e. The smallest absolute Gasteiger partial charge is 0.342 e. The van der Waals surface area contributed by atoms with Crippen LogP contribution in [0.1, 0.15) is 16.8 Å². The van der Waals surface area contributed by atoms with Crippen LogP contribution in [-0.2, 0) is 4.74 Å². The Balaban J connectivity index is 2.36. The van der Waals surface area contributed by atoms with Crippen LogP contribution in [0, 0.1) is 15.9 Å². The van der Waals surface area contributed by atoms with E-state index in [0.717, 1.165) is 6.07 Å². The van der Waals surface area contributed by atoms with Crippen molar-refractivity contribution in [1.29, 1.82) is 0 Å². The van der Waals surface area contributed by atoms with Crippen molar-refractivity contribution < 1.29 is 28.7 Å². The summed E-state index contributed by atoms with van der Waals surface area (Å²) in [7, 11) is 0. The zero-order chi connectivity index (χ0) is 14.0. The molecular weight excluding hydrogens is 261 g/mol. The molecule has 19 heavy (non-hydrogen) atoms. The second-order valence-corrected chi connectivity index (χ2v) is 3.97. The van der Waals surface area contributed by atoms with Crippen molar-refractivity contribution in [3.05, 3.63) is 33.6 Å². The lowest BCUT2D eigenvalue weighted by molar-refractivity contribution is -0.385. The van der Waals surface area contributed by atoms with Gasteiger partial charge in [0.05, 0.1) is 24.2 Å². The summed E-state index contributed by atoms with van der Waals surface area (Å²) in [5, 5.41) is 19.5. The number of nitro benzene ring substituents is 1. The Hall–Kier alpha value is -2.22. The quantitative estimate of drug-likeness (QED) is 0.659. The standard InChI is InChI=1S/C11H10FNO6/c12-8-4-9(13(16)17)7(11(14)15)3-10(8)19-6-1-2-18-5-6/h3-4,6H,1-2,5H2,(H,14,15). The highest BCUT2D eigenvalue weighted by Gasteiger charge is 2.26. The van der Waals surface area contributed by atoms with E-state index in [4.69, 9.17) is 14.6 Å². The summed E-state index contributed by atoms with van der Waals surface area (Å²) < 4.78 is 23.9. The predicted octanol–water partition coefficient (Wildman–Crippen LogP) is 1.60. The van der Waals surface area contributed by atoms with Crippen molar-refractivity contribution in [1.82, 2.24) is 0 Å². The Kier molecular flexibility index (Phi) is 3.61. The number of aromatic carboxylic acids is 1. The third-order valence-corrected chi connectivity index (χ3v) is 2.66. The Morgan fingerprint density at radius 3 is 2.84 bits per heavy atom. The molecule has 0 aromatic heterocycles. The minimum atomic E-state index is -1.51. The summed E-state index contributed by atoms with van der Waals surface area (Å²) in [5.74, 6) is -2.80. The second kappa shape index (κ2) is 5.19. The maximum Gasteiger partial charge on any atom is 0.342 e. The maximum atomic E-state index is 13.6. The molecule has 0 spiro atoms. The van der Waals surface area contributed by atoms with E-state index in [0.29, 0.717) is 19.1 Å². The molecule has 2 rings (SSSR count). The molecule has 8 heteroatoms. The van der Waals surface area contributed by atoms with Crippen molar-refractivity contribution in [3.8, 4) is 5.75 Å². The second-order valence-electron chi connectivity index (χ2n) is 3.97. The number of rotatable bonds is 4. The molecule has 102 valence electrons. The van der Waals surface area contributed by atoms with Gasteiger partial charge in [0, 0.05) is 12.5 Å². The average Bonchev–Trinajstić information content (AvgIpc) is 2.83. The number of hydrogen-bond acceptors (Lipinski definition) is 5. The Morgan fingerprint density at radius 2 is 2.32 bits per heavy atom. The van der Waals surface area contributed by atoms with Crippen molar-refractivity contribution in [2.24, 2.45) is 0 Å². The Morgan fingerprint density at radius 1 is 1.58 bits per heavy atom. The number of nitro groups is 1. The third kappa shape index (κ3) is 2.79. The summed E-state index contributed by atoms with van der Waals surface area (Å²) in [5.41, 5.74) is -1.42. The van der Waals surface area contributed by atoms with Gasteiger partial charge in [-0.3, -0.25) is 10.1 Å². The highest BCUT2D eigenvalue weighted by molar-refractivity contribution is 5.92. The van der Waals surface area contributed by atoms with Gasteiger partial charge < -0.3 is 14.6 Å². The van der Waals surface area contributed by atoms with Crippen LogP contribution in [0.15, 0.2) is 12.1 Å². The fourth-order valence-electron chi connectivity index (χ4n) is 1.74. The van der Waals surface area contributed by atoms with Crippen LogP contribution in [0.2, 0.25) is 0 Å². The van der Waals surface area contributed by atoms with E-state index < -0.39 is 28.0 Å². The first-order valence-corrected chi connectivity index (χ1v) is 5.44. The first kappa shape index (κ1) is 13.2. The molecule has 1 aliphatic heterocycles. The van der Waals surface area contributed by atoms with Gasteiger partial charge in [-0.25, -0.2) is 9.18 Å². The molecule has 0 bridgehead atoms. The van der Waals surface area contributed by atoms with Crippen LogP contribution >= 0.6 is 0 Å². The van der Waals surface area contributed by atoms with Gasteiger partial charge in [0.15, 0.2) is 11.6 Å². The van der Waals surface area contributed by atoms with Crippen LogP contribution in [-0.4, -0.2) is 35.3 Å². The van der Waals surface area contributed by atoms with Crippen LogP contribution in [0.5, 0.6) is 5.75 Å². The topological polar surface area (TPSA) is 98.9 Å². The SMILES string of the molecule is O=C(O)c1cc(OC2CCOC2)c(F)cc1[N+](=O)[O-]. The Labute approximate surface area is 106 Å². The molecule has 1 fully saturated rings. The number of carboxylic acids is 1. The summed E-state index contributed by atoms with van der Waals surface area (Å²) in [6.45, 7) is 0.754. The first-order valence-electron chi connectivity index (χ1n) is 5.44. The lowest BCUT2D eigenvalue weighted by Gasteiger charge is -2.13. The fourth-order valence-corrected chi connectivity index (χ4v) is 1.74. The van der Waals surface area contributed by atoms with Crippen LogP contribution in [0.3, 0.4) is 0 Å². The molecule has 0 aliphatic carbocycles. The molecule has 1 aromatic carbocycles.